The van der Waals surface area contributed by atoms with Crippen LogP contribution in [0.1, 0.15) is 35.8 Å². The summed E-state index contributed by atoms with van der Waals surface area (Å²) in [4.78, 5) is 36.4. The molecule has 26 heavy (non-hydrogen) atoms. The highest BCUT2D eigenvalue weighted by Crippen LogP contribution is 2.25. The molecule has 1 N–H and O–H groups in total. The van der Waals surface area contributed by atoms with Gasteiger partial charge in [-0.1, -0.05) is 17.7 Å². The lowest BCUT2D eigenvalue weighted by atomic mass is 10.1. The number of benzene rings is 2. The Morgan fingerprint density at radius 2 is 1.96 bits per heavy atom. The summed E-state index contributed by atoms with van der Waals surface area (Å²) in [5, 5.41) is 3.32. The molecule has 2 aromatic carbocycles. The minimum Gasteiger partial charge on any atom is -0.408 e. The van der Waals surface area contributed by atoms with Crippen molar-refractivity contribution in [3.05, 3.63) is 63.1 Å². The van der Waals surface area contributed by atoms with Crippen LogP contribution in [0.4, 0.5) is 5.69 Å². The van der Waals surface area contributed by atoms with Gasteiger partial charge in [0.2, 0.25) is 5.91 Å². The van der Waals surface area contributed by atoms with E-state index < -0.39 is 11.8 Å². The molecule has 3 aromatic rings. The fourth-order valence-electron chi connectivity index (χ4n) is 2.72. The number of aromatic nitrogens is 1. The van der Waals surface area contributed by atoms with E-state index in [0.29, 0.717) is 21.8 Å². The number of rotatable bonds is 4. The Morgan fingerprint density at radius 3 is 2.65 bits per heavy atom. The maximum absolute atomic E-state index is 12.6. The molecule has 1 unspecified atom stereocenters. The van der Waals surface area contributed by atoms with Crippen LogP contribution in [0.25, 0.3) is 11.1 Å². The molecular weight excluding hydrogens is 356 g/mol. The summed E-state index contributed by atoms with van der Waals surface area (Å²) in [7, 11) is 0. The second-order valence-electron chi connectivity index (χ2n) is 6.05. The summed E-state index contributed by atoms with van der Waals surface area (Å²) in [6, 6.07) is 9.09. The summed E-state index contributed by atoms with van der Waals surface area (Å²) < 4.78 is 6.47. The first-order valence-electron chi connectivity index (χ1n) is 8.01. The molecule has 0 saturated carbocycles. The van der Waals surface area contributed by atoms with Crippen LogP contribution in [0.5, 0.6) is 0 Å². The standard InChI is InChI=1S/C19H17ClN2O4/c1-10-14(20)5-4-6-15(10)21-18(24)11(2)22-16-8-7-13(12(3)23)9-17(16)26-19(22)25/h4-9,11H,1-3H3,(H,21,24). The SMILES string of the molecule is CC(=O)c1ccc2c(c1)oc(=O)n2C(C)C(=O)Nc1cccc(Cl)c1C. The highest BCUT2D eigenvalue weighted by atomic mass is 35.5. The van der Waals surface area contributed by atoms with E-state index in [1.807, 2.05) is 0 Å². The van der Waals surface area contributed by atoms with Crippen LogP contribution in [0.3, 0.4) is 0 Å². The van der Waals surface area contributed by atoms with E-state index in [0.717, 1.165) is 5.56 Å². The van der Waals surface area contributed by atoms with Crippen LogP contribution >= 0.6 is 11.6 Å². The zero-order chi connectivity index (χ0) is 19.0. The molecule has 0 aliphatic carbocycles. The fourth-order valence-corrected chi connectivity index (χ4v) is 2.89. The Morgan fingerprint density at radius 1 is 1.23 bits per heavy atom. The van der Waals surface area contributed by atoms with Crippen LogP contribution in [0.2, 0.25) is 5.02 Å². The smallest absolute Gasteiger partial charge is 0.408 e. The Labute approximate surface area is 154 Å². The number of hydrogen-bond donors (Lipinski definition) is 1. The topological polar surface area (TPSA) is 81.3 Å². The van der Waals surface area contributed by atoms with Crippen LogP contribution in [0.15, 0.2) is 45.6 Å². The monoisotopic (exact) mass is 372 g/mol. The molecule has 0 aliphatic heterocycles. The van der Waals surface area contributed by atoms with Crippen LogP contribution in [-0.2, 0) is 4.79 Å². The molecule has 0 fully saturated rings. The molecule has 0 radical (unpaired) electrons. The van der Waals surface area contributed by atoms with Crippen LogP contribution in [-0.4, -0.2) is 16.3 Å². The molecule has 6 nitrogen and oxygen atoms in total. The maximum Gasteiger partial charge on any atom is 0.420 e. The number of fused-ring (bicyclic) bond motifs is 1. The molecule has 0 bridgehead atoms. The van der Waals surface area contributed by atoms with Crippen molar-refractivity contribution in [1.29, 1.82) is 0 Å². The summed E-state index contributed by atoms with van der Waals surface area (Å²) >= 11 is 6.07. The third-order valence-corrected chi connectivity index (χ3v) is 4.72. The van der Waals surface area contributed by atoms with Gasteiger partial charge in [-0.15, -0.1) is 0 Å². The second kappa shape index (κ2) is 6.80. The molecule has 1 amide bonds. The van der Waals surface area contributed by atoms with Gasteiger partial charge in [0.25, 0.3) is 0 Å². The number of ketones is 1. The lowest BCUT2D eigenvalue weighted by Crippen LogP contribution is -2.29. The highest BCUT2D eigenvalue weighted by Gasteiger charge is 2.22. The third-order valence-electron chi connectivity index (χ3n) is 4.31. The zero-order valence-corrected chi connectivity index (χ0v) is 15.3. The van der Waals surface area contributed by atoms with Crippen molar-refractivity contribution in [2.24, 2.45) is 0 Å². The zero-order valence-electron chi connectivity index (χ0n) is 14.5. The van der Waals surface area contributed by atoms with Gasteiger partial charge in [0.05, 0.1) is 5.52 Å². The van der Waals surface area contributed by atoms with Crippen molar-refractivity contribution < 1.29 is 14.0 Å². The predicted octanol–water partition coefficient (Wildman–Crippen LogP) is 3.96. The average molecular weight is 373 g/mol. The minimum absolute atomic E-state index is 0.135. The van der Waals surface area contributed by atoms with Crippen molar-refractivity contribution in [3.63, 3.8) is 0 Å². The highest BCUT2D eigenvalue weighted by molar-refractivity contribution is 6.31. The van der Waals surface area contributed by atoms with E-state index in [-0.39, 0.29) is 17.3 Å². The van der Waals surface area contributed by atoms with E-state index in [2.05, 4.69) is 5.32 Å². The van der Waals surface area contributed by atoms with Gasteiger partial charge in [0.15, 0.2) is 11.4 Å². The molecule has 1 atom stereocenters. The van der Waals surface area contributed by atoms with Crippen molar-refractivity contribution in [2.45, 2.75) is 26.8 Å². The first-order valence-corrected chi connectivity index (χ1v) is 8.39. The number of nitrogens with one attached hydrogen (secondary N) is 1. The summed E-state index contributed by atoms with van der Waals surface area (Å²) in [5.74, 6) is -1.17. The average Bonchev–Trinajstić information content (AvgIpc) is 2.92. The predicted molar refractivity (Wildman–Crippen MR) is 100 cm³/mol. The summed E-state index contributed by atoms with van der Waals surface area (Å²) in [6.07, 6.45) is 0. The molecule has 1 aromatic heterocycles. The molecule has 0 saturated heterocycles. The van der Waals surface area contributed by atoms with E-state index in [4.69, 9.17) is 16.0 Å². The summed E-state index contributed by atoms with van der Waals surface area (Å²) in [5.41, 5.74) is 2.47. The van der Waals surface area contributed by atoms with Gasteiger partial charge >= 0.3 is 5.76 Å². The van der Waals surface area contributed by atoms with E-state index in [1.54, 1.807) is 44.2 Å². The maximum atomic E-state index is 12.6. The molecule has 0 aliphatic rings. The van der Waals surface area contributed by atoms with Gasteiger partial charge in [-0.3, -0.25) is 14.2 Å². The van der Waals surface area contributed by atoms with Crippen molar-refractivity contribution in [1.82, 2.24) is 4.57 Å². The molecule has 3 rings (SSSR count). The van der Waals surface area contributed by atoms with E-state index in [9.17, 15) is 14.4 Å². The Hall–Kier alpha value is -2.86. The third kappa shape index (κ3) is 3.15. The molecule has 0 spiro atoms. The first-order chi connectivity index (χ1) is 12.3. The quantitative estimate of drug-likeness (QED) is 0.703. The molecule has 7 heteroatoms. The number of anilines is 1. The van der Waals surface area contributed by atoms with Gasteiger partial charge < -0.3 is 9.73 Å². The number of amides is 1. The van der Waals surface area contributed by atoms with E-state index in [1.165, 1.54) is 17.6 Å². The number of nitrogens with zero attached hydrogens (tertiary/aromatic N) is 1. The number of carbonyl (C=O) groups is 2. The second-order valence-corrected chi connectivity index (χ2v) is 6.46. The van der Waals surface area contributed by atoms with Gasteiger partial charge in [0, 0.05) is 16.3 Å². The lowest BCUT2D eigenvalue weighted by molar-refractivity contribution is -0.118. The summed E-state index contributed by atoms with van der Waals surface area (Å²) in [6.45, 7) is 4.83. The van der Waals surface area contributed by atoms with Gasteiger partial charge in [0.1, 0.15) is 6.04 Å². The first kappa shape index (κ1) is 17.9. The van der Waals surface area contributed by atoms with Crippen molar-refractivity contribution in [2.75, 3.05) is 5.32 Å². The Bertz CT molecular complexity index is 1080. The molecular formula is C19H17ClN2O4. The lowest BCUT2D eigenvalue weighted by Gasteiger charge is -2.15. The number of halogens is 1. The minimum atomic E-state index is -0.815. The van der Waals surface area contributed by atoms with Gasteiger partial charge in [-0.05, 0) is 56.7 Å². The van der Waals surface area contributed by atoms with Gasteiger partial charge in [-0.25, -0.2) is 4.79 Å². The van der Waals surface area contributed by atoms with Crippen LogP contribution < -0.4 is 11.1 Å². The molecule has 1 heterocycles. The van der Waals surface area contributed by atoms with Gasteiger partial charge in [-0.2, -0.15) is 0 Å². The molecule has 134 valence electrons. The van der Waals surface area contributed by atoms with Crippen molar-refractivity contribution in [3.8, 4) is 0 Å². The number of carbonyl (C=O) groups excluding carboxylic acids is 2. The number of hydrogen-bond acceptors (Lipinski definition) is 4. The van der Waals surface area contributed by atoms with Crippen LogP contribution in [0, 0.1) is 6.92 Å². The van der Waals surface area contributed by atoms with Crippen molar-refractivity contribution >= 4 is 40.1 Å². The number of oxazole rings is 1. The number of Topliss-reactive ketones (excluding diaryl/α,β-unsaturated/α-hetero) is 1. The van der Waals surface area contributed by atoms with E-state index >= 15 is 0 Å². The largest absolute Gasteiger partial charge is 0.420 e. The Kier molecular flexibility index (Phi) is 4.70. The fraction of sp³-hybridized carbons (Fsp3) is 0.211. The Balaban J connectivity index is 1.96. The normalized spacial score (nSPS) is 12.2.